The molecule has 2 atom stereocenters. The first kappa shape index (κ1) is 29.8. The van der Waals surface area contributed by atoms with Gasteiger partial charge in [0.15, 0.2) is 0 Å². The van der Waals surface area contributed by atoms with Crippen LogP contribution in [0.15, 0.2) is 78.9 Å². The van der Waals surface area contributed by atoms with Gasteiger partial charge >= 0.3 is 0 Å². The summed E-state index contributed by atoms with van der Waals surface area (Å²) in [5.41, 5.74) is 2.65. The van der Waals surface area contributed by atoms with Crippen LogP contribution in [0.2, 0.25) is 0 Å². The van der Waals surface area contributed by atoms with Gasteiger partial charge in [-0.05, 0) is 61.2 Å². The number of nitrogens with one attached hydrogen (secondary N) is 1. The van der Waals surface area contributed by atoms with Crippen LogP contribution in [0.1, 0.15) is 37.0 Å². The van der Waals surface area contributed by atoms with Crippen molar-refractivity contribution in [1.82, 2.24) is 10.2 Å². The minimum Gasteiger partial charge on any atom is -0.352 e. The van der Waals surface area contributed by atoms with E-state index in [1.54, 1.807) is 30.3 Å². The normalized spacial score (nSPS) is 12.8. The molecular weight excluding hydrogens is 517 g/mol. The number of hydrogen-bond donors (Lipinski definition) is 1. The number of benzene rings is 3. The van der Waals surface area contributed by atoms with Crippen LogP contribution < -0.4 is 9.62 Å². The molecule has 9 heteroatoms. The Morgan fingerprint density at radius 3 is 2.21 bits per heavy atom. The molecule has 0 aliphatic heterocycles. The lowest BCUT2D eigenvalue weighted by molar-refractivity contribution is -0.140. The SMILES string of the molecule is CC[C@H](C)NC(=O)[C@@H](Cc1ccccc1)N(Cc1ccc(F)cc1)C(=O)CN(c1cccc(C)c1)S(C)(=O)=O. The molecule has 2 amide bonds. The van der Waals surface area contributed by atoms with Gasteiger partial charge in [-0.15, -0.1) is 0 Å². The predicted molar refractivity (Wildman–Crippen MR) is 152 cm³/mol. The molecule has 3 rings (SSSR count). The number of sulfonamides is 1. The van der Waals surface area contributed by atoms with E-state index in [0.29, 0.717) is 17.7 Å². The molecule has 0 radical (unpaired) electrons. The van der Waals surface area contributed by atoms with Crippen molar-refractivity contribution in [3.05, 3.63) is 101 Å². The van der Waals surface area contributed by atoms with Gasteiger partial charge in [-0.3, -0.25) is 13.9 Å². The van der Waals surface area contributed by atoms with Crippen LogP contribution in [-0.2, 0) is 32.6 Å². The molecule has 0 fully saturated rings. The minimum atomic E-state index is -3.83. The van der Waals surface area contributed by atoms with E-state index in [1.165, 1.54) is 17.0 Å². The van der Waals surface area contributed by atoms with Gasteiger partial charge < -0.3 is 10.2 Å². The average molecular weight is 554 g/mol. The number of rotatable bonds is 12. The Morgan fingerprint density at radius 2 is 1.62 bits per heavy atom. The van der Waals surface area contributed by atoms with Gasteiger partial charge in [-0.25, -0.2) is 12.8 Å². The Labute approximate surface area is 230 Å². The monoisotopic (exact) mass is 553 g/mol. The van der Waals surface area contributed by atoms with E-state index in [9.17, 15) is 22.4 Å². The molecule has 0 bridgehead atoms. The molecule has 0 aliphatic rings. The molecule has 0 aliphatic carbocycles. The van der Waals surface area contributed by atoms with Crippen molar-refractivity contribution < 1.29 is 22.4 Å². The molecule has 3 aromatic carbocycles. The summed E-state index contributed by atoms with van der Waals surface area (Å²) < 4.78 is 40.3. The van der Waals surface area contributed by atoms with E-state index >= 15 is 0 Å². The van der Waals surface area contributed by atoms with E-state index < -0.39 is 34.3 Å². The molecule has 1 N–H and O–H groups in total. The minimum absolute atomic E-state index is 0.00401. The van der Waals surface area contributed by atoms with E-state index in [0.717, 1.165) is 21.7 Å². The number of carbonyl (C=O) groups excluding carboxylic acids is 2. The van der Waals surface area contributed by atoms with Crippen molar-refractivity contribution >= 4 is 27.5 Å². The van der Waals surface area contributed by atoms with Crippen LogP contribution in [0.3, 0.4) is 0 Å². The third-order valence-corrected chi connectivity index (χ3v) is 7.65. The molecule has 0 aromatic heterocycles. The molecule has 0 unspecified atom stereocenters. The van der Waals surface area contributed by atoms with Crippen molar-refractivity contribution in [2.24, 2.45) is 0 Å². The highest BCUT2D eigenvalue weighted by Gasteiger charge is 2.33. The number of hydrogen-bond acceptors (Lipinski definition) is 4. The van der Waals surface area contributed by atoms with Crippen LogP contribution in [0.5, 0.6) is 0 Å². The fraction of sp³-hybridized carbons (Fsp3) is 0.333. The highest BCUT2D eigenvalue weighted by Crippen LogP contribution is 2.21. The van der Waals surface area contributed by atoms with E-state index in [-0.39, 0.29) is 24.9 Å². The van der Waals surface area contributed by atoms with Crippen molar-refractivity contribution in [2.45, 2.75) is 52.2 Å². The summed E-state index contributed by atoms with van der Waals surface area (Å²) in [4.78, 5) is 29.0. The van der Waals surface area contributed by atoms with Crippen LogP contribution in [0.25, 0.3) is 0 Å². The molecule has 0 saturated carbocycles. The maximum Gasteiger partial charge on any atom is 0.244 e. The summed E-state index contributed by atoms with van der Waals surface area (Å²) in [5, 5.41) is 2.98. The largest absolute Gasteiger partial charge is 0.352 e. The summed E-state index contributed by atoms with van der Waals surface area (Å²) in [7, 11) is -3.83. The van der Waals surface area contributed by atoms with Crippen molar-refractivity contribution in [3.8, 4) is 0 Å². The zero-order valence-electron chi connectivity index (χ0n) is 22.8. The Hall–Kier alpha value is -3.72. The van der Waals surface area contributed by atoms with Gasteiger partial charge in [0.05, 0.1) is 11.9 Å². The zero-order chi connectivity index (χ0) is 28.6. The third-order valence-electron chi connectivity index (χ3n) is 6.51. The summed E-state index contributed by atoms with van der Waals surface area (Å²) in [6, 6.07) is 20.8. The van der Waals surface area contributed by atoms with Crippen LogP contribution in [0.4, 0.5) is 10.1 Å². The smallest absolute Gasteiger partial charge is 0.244 e. The fourth-order valence-electron chi connectivity index (χ4n) is 4.18. The summed E-state index contributed by atoms with van der Waals surface area (Å²) in [6.07, 6.45) is 1.97. The first-order chi connectivity index (χ1) is 18.5. The Kier molecular flexibility index (Phi) is 10.2. The first-order valence-electron chi connectivity index (χ1n) is 12.9. The van der Waals surface area contributed by atoms with Gasteiger partial charge in [0.25, 0.3) is 0 Å². The zero-order valence-corrected chi connectivity index (χ0v) is 23.6. The first-order valence-corrected chi connectivity index (χ1v) is 14.7. The Bertz CT molecular complexity index is 1360. The Morgan fingerprint density at radius 1 is 0.949 bits per heavy atom. The molecule has 0 heterocycles. The standard InChI is InChI=1S/C30H36FN3O4S/c1-5-23(3)32-30(36)28(19-24-11-7-6-8-12-24)33(20-25-14-16-26(31)17-15-25)29(35)21-34(39(4,37)38)27-13-9-10-22(2)18-27/h6-18,23,28H,5,19-21H2,1-4H3,(H,32,36)/t23-,28+/m0/s1. The molecule has 208 valence electrons. The number of amides is 2. The van der Waals surface area contributed by atoms with Gasteiger partial charge in [-0.2, -0.15) is 0 Å². The number of aryl methyl sites for hydroxylation is 1. The van der Waals surface area contributed by atoms with Crippen LogP contribution >= 0.6 is 0 Å². The molecular formula is C30H36FN3O4S. The van der Waals surface area contributed by atoms with E-state index in [4.69, 9.17) is 0 Å². The van der Waals surface area contributed by atoms with Crippen LogP contribution in [0, 0.1) is 12.7 Å². The lowest BCUT2D eigenvalue weighted by Crippen LogP contribution is -2.54. The molecule has 7 nitrogen and oxygen atoms in total. The predicted octanol–water partition coefficient (Wildman–Crippen LogP) is 4.45. The Balaban J connectivity index is 2.05. The second kappa shape index (κ2) is 13.4. The third kappa shape index (κ3) is 8.64. The highest BCUT2D eigenvalue weighted by molar-refractivity contribution is 7.92. The maximum absolute atomic E-state index is 14.0. The van der Waals surface area contributed by atoms with Crippen molar-refractivity contribution in [1.29, 1.82) is 0 Å². The van der Waals surface area contributed by atoms with Crippen molar-refractivity contribution in [2.75, 3.05) is 17.1 Å². The van der Waals surface area contributed by atoms with E-state index in [2.05, 4.69) is 5.32 Å². The second-order valence-electron chi connectivity index (χ2n) is 9.78. The summed E-state index contributed by atoms with van der Waals surface area (Å²) in [5.74, 6) is -1.31. The quantitative estimate of drug-likeness (QED) is 0.359. The molecule has 0 saturated heterocycles. The second-order valence-corrected chi connectivity index (χ2v) is 11.7. The molecule has 3 aromatic rings. The number of halogens is 1. The molecule has 39 heavy (non-hydrogen) atoms. The number of nitrogens with zero attached hydrogens (tertiary/aromatic N) is 2. The summed E-state index contributed by atoms with van der Waals surface area (Å²) >= 11 is 0. The number of anilines is 1. The topological polar surface area (TPSA) is 86.8 Å². The summed E-state index contributed by atoms with van der Waals surface area (Å²) in [6.45, 7) is 5.17. The van der Waals surface area contributed by atoms with Gasteiger partial charge in [0, 0.05) is 19.0 Å². The van der Waals surface area contributed by atoms with Crippen molar-refractivity contribution in [3.63, 3.8) is 0 Å². The fourth-order valence-corrected chi connectivity index (χ4v) is 5.02. The maximum atomic E-state index is 14.0. The highest BCUT2D eigenvalue weighted by atomic mass is 32.2. The average Bonchev–Trinajstić information content (AvgIpc) is 2.90. The molecule has 0 spiro atoms. The van der Waals surface area contributed by atoms with Gasteiger partial charge in [0.2, 0.25) is 21.8 Å². The van der Waals surface area contributed by atoms with Crippen LogP contribution in [-0.4, -0.2) is 50.0 Å². The number of carbonyl (C=O) groups is 2. The van der Waals surface area contributed by atoms with Gasteiger partial charge in [-0.1, -0.05) is 61.5 Å². The lowest BCUT2D eigenvalue weighted by atomic mass is 10.0. The van der Waals surface area contributed by atoms with E-state index in [1.807, 2.05) is 57.2 Å². The van der Waals surface area contributed by atoms with Gasteiger partial charge in [0.1, 0.15) is 18.4 Å². The lowest BCUT2D eigenvalue weighted by Gasteiger charge is -2.34.